The van der Waals surface area contributed by atoms with Gasteiger partial charge in [0.05, 0.1) is 0 Å². The van der Waals surface area contributed by atoms with Gasteiger partial charge in [0, 0.05) is 5.39 Å². The molecule has 0 unspecified atom stereocenters. The molecule has 0 aliphatic heterocycles. The molecule has 0 saturated heterocycles. The molecule has 0 spiro atoms. The third kappa shape index (κ3) is 1.17. The Bertz CT molecular complexity index is 498. The van der Waals surface area contributed by atoms with Gasteiger partial charge in [0.1, 0.15) is 5.75 Å². The number of phenols is 1. The van der Waals surface area contributed by atoms with Gasteiger partial charge in [0.2, 0.25) is 0 Å². The minimum absolute atomic E-state index is 0.411. The zero-order valence-electron chi connectivity index (χ0n) is 8.76. The predicted molar refractivity (Wildman–Crippen MR) is 59.8 cm³/mol. The topological polar surface area (TPSA) is 20.2 Å². The quantitative estimate of drug-likeness (QED) is 0.668. The van der Waals surface area contributed by atoms with Gasteiger partial charge in [-0.2, -0.15) is 0 Å². The third-order valence-electron chi connectivity index (χ3n) is 2.73. The summed E-state index contributed by atoms with van der Waals surface area (Å²) >= 11 is 0. The standard InChI is InChI=1S/C13H14O/c1-8-5-4-6-11-12(8)9(2)7-10(3)13(11)14/h4-7,14H,1-3H3. The van der Waals surface area contributed by atoms with E-state index in [1.807, 2.05) is 25.1 Å². The Morgan fingerprint density at radius 3 is 2.36 bits per heavy atom. The normalized spacial score (nSPS) is 10.8. The van der Waals surface area contributed by atoms with E-state index in [4.69, 9.17) is 0 Å². The predicted octanol–water partition coefficient (Wildman–Crippen LogP) is 3.47. The molecular formula is C13H14O. The first-order valence-corrected chi connectivity index (χ1v) is 4.79. The van der Waals surface area contributed by atoms with Gasteiger partial charge in [-0.05, 0) is 42.8 Å². The van der Waals surface area contributed by atoms with Crippen LogP contribution in [-0.2, 0) is 0 Å². The van der Waals surface area contributed by atoms with Crippen LogP contribution in [0.2, 0.25) is 0 Å². The second kappa shape index (κ2) is 3.02. The highest BCUT2D eigenvalue weighted by molar-refractivity contribution is 5.94. The lowest BCUT2D eigenvalue weighted by Crippen LogP contribution is -1.86. The van der Waals surface area contributed by atoms with E-state index in [1.54, 1.807) is 0 Å². The molecule has 0 aliphatic carbocycles. The van der Waals surface area contributed by atoms with Crippen LogP contribution < -0.4 is 0 Å². The fourth-order valence-corrected chi connectivity index (χ4v) is 2.07. The molecule has 0 aromatic heterocycles. The van der Waals surface area contributed by atoms with E-state index in [1.165, 1.54) is 16.5 Å². The van der Waals surface area contributed by atoms with E-state index in [0.29, 0.717) is 5.75 Å². The highest BCUT2D eigenvalue weighted by Crippen LogP contribution is 2.32. The van der Waals surface area contributed by atoms with Gasteiger partial charge in [-0.1, -0.05) is 24.3 Å². The summed E-state index contributed by atoms with van der Waals surface area (Å²) in [5.41, 5.74) is 3.39. The first kappa shape index (κ1) is 9.07. The van der Waals surface area contributed by atoms with Crippen molar-refractivity contribution in [2.75, 3.05) is 0 Å². The zero-order chi connectivity index (χ0) is 10.3. The number of fused-ring (bicyclic) bond motifs is 1. The summed E-state index contributed by atoms with van der Waals surface area (Å²) in [6.07, 6.45) is 0. The fraction of sp³-hybridized carbons (Fsp3) is 0.231. The van der Waals surface area contributed by atoms with Crippen molar-refractivity contribution >= 4 is 10.8 Å². The van der Waals surface area contributed by atoms with Gasteiger partial charge in [-0.25, -0.2) is 0 Å². The largest absolute Gasteiger partial charge is 0.507 e. The molecular weight excluding hydrogens is 172 g/mol. The van der Waals surface area contributed by atoms with Gasteiger partial charge in [-0.3, -0.25) is 0 Å². The molecule has 0 fully saturated rings. The summed E-state index contributed by atoms with van der Waals surface area (Å²) in [5.74, 6) is 0.411. The first-order chi connectivity index (χ1) is 6.61. The summed E-state index contributed by atoms with van der Waals surface area (Å²) in [6.45, 7) is 6.09. The van der Waals surface area contributed by atoms with E-state index in [9.17, 15) is 5.11 Å². The Kier molecular flexibility index (Phi) is 1.95. The van der Waals surface area contributed by atoms with Crippen LogP contribution in [0.3, 0.4) is 0 Å². The lowest BCUT2D eigenvalue weighted by atomic mass is 9.97. The second-order valence-corrected chi connectivity index (χ2v) is 3.86. The van der Waals surface area contributed by atoms with Crippen LogP contribution in [0.15, 0.2) is 24.3 Å². The Labute approximate surface area is 84.0 Å². The fourth-order valence-electron chi connectivity index (χ4n) is 2.07. The molecule has 0 saturated carbocycles. The molecule has 2 aromatic carbocycles. The molecule has 0 radical (unpaired) electrons. The van der Waals surface area contributed by atoms with E-state index in [0.717, 1.165) is 10.9 Å². The highest BCUT2D eigenvalue weighted by Gasteiger charge is 2.07. The lowest BCUT2D eigenvalue weighted by molar-refractivity contribution is 0.477. The number of benzene rings is 2. The van der Waals surface area contributed by atoms with Crippen molar-refractivity contribution in [2.24, 2.45) is 0 Å². The monoisotopic (exact) mass is 186 g/mol. The molecule has 0 bridgehead atoms. The number of aryl methyl sites for hydroxylation is 3. The van der Waals surface area contributed by atoms with Crippen molar-refractivity contribution in [3.63, 3.8) is 0 Å². The van der Waals surface area contributed by atoms with E-state index < -0.39 is 0 Å². The minimum atomic E-state index is 0.411. The second-order valence-electron chi connectivity index (χ2n) is 3.86. The van der Waals surface area contributed by atoms with Crippen molar-refractivity contribution in [1.29, 1.82) is 0 Å². The van der Waals surface area contributed by atoms with Crippen molar-refractivity contribution in [3.05, 3.63) is 41.0 Å². The van der Waals surface area contributed by atoms with Crippen molar-refractivity contribution < 1.29 is 5.11 Å². The molecule has 0 atom stereocenters. The molecule has 0 aliphatic rings. The summed E-state index contributed by atoms with van der Waals surface area (Å²) in [4.78, 5) is 0. The summed E-state index contributed by atoms with van der Waals surface area (Å²) < 4.78 is 0. The van der Waals surface area contributed by atoms with Crippen LogP contribution in [-0.4, -0.2) is 5.11 Å². The van der Waals surface area contributed by atoms with Crippen LogP contribution in [0.4, 0.5) is 0 Å². The summed E-state index contributed by atoms with van der Waals surface area (Å²) in [5, 5.41) is 12.0. The SMILES string of the molecule is Cc1cc(C)c2c(C)cccc2c1O. The number of hydrogen-bond acceptors (Lipinski definition) is 1. The molecule has 14 heavy (non-hydrogen) atoms. The van der Waals surface area contributed by atoms with Gasteiger partial charge < -0.3 is 5.11 Å². The molecule has 0 heterocycles. The van der Waals surface area contributed by atoms with Crippen LogP contribution in [0.5, 0.6) is 5.75 Å². The Balaban J connectivity index is 3.02. The number of hydrogen-bond donors (Lipinski definition) is 1. The van der Waals surface area contributed by atoms with E-state index >= 15 is 0 Å². The maximum atomic E-state index is 9.91. The average Bonchev–Trinajstić information content (AvgIpc) is 2.14. The third-order valence-corrected chi connectivity index (χ3v) is 2.73. The van der Waals surface area contributed by atoms with E-state index in [-0.39, 0.29) is 0 Å². The average molecular weight is 186 g/mol. The maximum absolute atomic E-state index is 9.91. The highest BCUT2D eigenvalue weighted by atomic mass is 16.3. The smallest absolute Gasteiger partial charge is 0.126 e. The molecule has 72 valence electrons. The van der Waals surface area contributed by atoms with Gasteiger partial charge >= 0.3 is 0 Å². The zero-order valence-corrected chi connectivity index (χ0v) is 8.76. The van der Waals surface area contributed by atoms with Crippen molar-refractivity contribution in [3.8, 4) is 5.75 Å². The van der Waals surface area contributed by atoms with E-state index in [2.05, 4.69) is 19.9 Å². The number of phenolic OH excluding ortho intramolecular Hbond substituents is 1. The summed E-state index contributed by atoms with van der Waals surface area (Å²) in [6, 6.07) is 8.06. The molecule has 1 nitrogen and oxygen atoms in total. The number of rotatable bonds is 0. The Morgan fingerprint density at radius 2 is 1.64 bits per heavy atom. The van der Waals surface area contributed by atoms with Crippen molar-refractivity contribution in [2.45, 2.75) is 20.8 Å². The van der Waals surface area contributed by atoms with Gasteiger partial charge in [-0.15, -0.1) is 0 Å². The first-order valence-electron chi connectivity index (χ1n) is 4.79. The molecule has 2 rings (SSSR count). The van der Waals surface area contributed by atoms with Gasteiger partial charge in [0.15, 0.2) is 0 Å². The lowest BCUT2D eigenvalue weighted by Gasteiger charge is -2.09. The Morgan fingerprint density at radius 1 is 0.929 bits per heavy atom. The molecule has 1 heteroatoms. The number of aromatic hydroxyl groups is 1. The van der Waals surface area contributed by atoms with Crippen LogP contribution in [0.1, 0.15) is 16.7 Å². The van der Waals surface area contributed by atoms with Crippen LogP contribution >= 0.6 is 0 Å². The maximum Gasteiger partial charge on any atom is 0.126 e. The molecule has 1 N–H and O–H groups in total. The molecule has 0 amide bonds. The minimum Gasteiger partial charge on any atom is -0.507 e. The Hall–Kier alpha value is -1.50. The summed E-state index contributed by atoms with van der Waals surface area (Å²) in [7, 11) is 0. The van der Waals surface area contributed by atoms with Gasteiger partial charge in [0.25, 0.3) is 0 Å². The van der Waals surface area contributed by atoms with Crippen LogP contribution in [0, 0.1) is 20.8 Å². The van der Waals surface area contributed by atoms with Crippen LogP contribution in [0.25, 0.3) is 10.8 Å². The van der Waals surface area contributed by atoms with Crippen molar-refractivity contribution in [1.82, 2.24) is 0 Å². The molecule has 2 aromatic rings.